The number of benzene rings is 1. The molecule has 7 heteroatoms. The molecule has 28 heavy (non-hydrogen) atoms. The summed E-state index contributed by atoms with van der Waals surface area (Å²) < 4.78 is 2.11. The van der Waals surface area contributed by atoms with E-state index in [1.165, 1.54) is 24.9 Å². The molecular weight excluding hydrogens is 370 g/mol. The van der Waals surface area contributed by atoms with Crippen molar-refractivity contribution in [2.75, 3.05) is 36.5 Å². The van der Waals surface area contributed by atoms with Crippen LogP contribution in [-0.2, 0) is 0 Å². The first-order valence-corrected chi connectivity index (χ1v) is 11.6. The minimum absolute atomic E-state index is 0.347. The topological polar surface area (TPSA) is 67.4 Å². The number of nitrogens with two attached hydrogens (primary N) is 1. The van der Waals surface area contributed by atoms with Gasteiger partial charge in [-0.3, -0.25) is 9.48 Å². The molecule has 4 heterocycles. The van der Waals surface area contributed by atoms with E-state index in [9.17, 15) is 4.79 Å². The lowest BCUT2D eigenvalue weighted by atomic mass is 9.82. The van der Waals surface area contributed by atoms with E-state index >= 15 is 0 Å². The minimum atomic E-state index is -0.428. The minimum Gasteiger partial charge on any atom is -0.370 e. The van der Waals surface area contributed by atoms with E-state index in [4.69, 9.17) is 10.8 Å². The lowest BCUT2D eigenvalue weighted by Gasteiger charge is -2.47. The van der Waals surface area contributed by atoms with Gasteiger partial charge >= 0.3 is 0 Å². The molecule has 3 saturated heterocycles. The number of thioether (sulfide) groups is 1. The normalized spacial score (nSPS) is 28.6. The third-order valence-corrected chi connectivity index (χ3v) is 7.90. The van der Waals surface area contributed by atoms with Crippen LogP contribution in [0.3, 0.4) is 0 Å². The van der Waals surface area contributed by atoms with Gasteiger partial charge in [0, 0.05) is 47.8 Å². The Balaban J connectivity index is 1.53. The van der Waals surface area contributed by atoms with E-state index in [-0.39, 0.29) is 0 Å². The lowest BCUT2D eigenvalue weighted by molar-refractivity contribution is 0.0379. The van der Waals surface area contributed by atoms with Crippen LogP contribution in [0.25, 0.3) is 10.9 Å². The van der Waals surface area contributed by atoms with E-state index in [2.05, 4.69) is 39.7 Å². The van der Waals surface area contributed by atoms with E-state index in [0.717, 1.165) is 48.3 Å². The molecule has 0 aliphatic carbocycles. The molecule has 150 valence electrons. The van der Waals surface area contributed by atoms with Gasteiger partial charge in [0.1, 0.15) is 0 Å². The highest BCUT2D eigenvalue weighted by Crippen LogP contribution is 2.40. The summed E-state index contributed by atoms with van der Waals surface area (Å²) in [6.45, 7) is 2.10. The van der Waals surface area contributed by atoms with Crippen LogP contribution in [0, 0.1) is 0 Å². The summed E-state index contributed by atoms with van der Waals surface area (Å²) in [5, 5.41) is 5.66. The summed E-state index contributed by atoms with van der Waals surface area (Å²) in [5.74, 6) is 1.87. The first kappa shape index (κ1) is 18.3. The van der Waals surface area contributed by atoms with Gasteiger partial charge in [0.05, 0.1) is 11.6 Å². The summed E-state index contributed by atoms with van der Waals surface area (Å²) in [6, 6.07) is 8.07. The Labute approximate surface area is 170 Å². The predicted molar refractivity (Wildman–Crippen MR) is 115 cm³/mol. The summed E-state index contributed by atoms with van der Waals surface area (Å²) in [5.41, 5.74) is 8.38. The maximum absolute atomic E-state index is 12.2. The average molecular weight is 400 g/mol. The molecule has 2 atom stereocenters. The van der Waals surface area contributed by atoms with Crippen LogP contribution in [-0.4, -0.2) is 64.3 Å². The van der Waals surface area contributed by atoms with Crippen molar-refractivity contribution in [2.45, 2.75) is 50.2 Å². The van der Waals surface area contributed by atoms with Gasteiger partial charge in [0.15, 0.2) is 5.69 Å². The molecule has 2 aromatic rings. The number of rotatable bonds is 3. The molecule has 2 bridgehead atoms. The van der Waals surface area contributed by atoms with Gasteiger partial charge in [-0.15, -0.1) is 0 Å². The Morgan fingerprint density at radius 3 is 2.54 bits per heavy atom. The lowest BCUT2D eigenvalue weighted by Crippen LogP contribution is -2.50. The first-order chi connectivity index (χ1) is 13.6. The number of piperidine rings is 2. The zero-order chi connectivity index (χ0) is 19.3. The Hall–Kier alpha value is -1.73. The smallest absolute Gasteiger partial charge is 0.269 e. The van der Waals surface area contributed by atoms with Crippen molar-refractivity contribution in [3.8, 4) is 0 Å². The fourth-order valence-corrected chi connectivity index (χ4v) is 6.30. The van der Waals surface area contributed by atoms with Crippen molar-refractivity contribution in [2.24, 2.45) is 5.73 Å². The van der Waals surface area contributed by atoms with Crippen molar-refractivity contribution in [3.05, 3.63) is 23.9 Å². The molecule has 6 nitrogen and oxygen atoms in total. The number of anilines is 1. The van der Waals surface area contributed by atoms with Crippen LogP contribution < -0.4 is 10.6 Å². The number of nitrogens with zero attached hydrogens (tertiary/aromatic N) is 4. The molecule has 5 rings (SSSR count). The number of amides is 1. The Bertz CT molecular complexity index is 876. The third kappa shape index (κ3) is 3.08. The summed E-state index contributed by atoms with van der Waals surface area (Å²) in [7, 11) is 2.27. The second-order valence-corrected chi connectivity index (χ2v) is 9.71. The fraction of sp³-hybridized carbons (Fsp3) is 0.619. The number of hydrogen-bond donors (Lipinski definition) is 1. The van der Waals surface area contributed by atoms with E-state index in [1.54, 1.807) is 0 Å². The number of carbonyl (C=O) groups is 1. The van der Waals surface area contributed by atoms with Crippen LogP contribution in [0.5, 0.6) is 0 Å². The van der Waals surface area contributed by atoms with Gasteiger partial charge in [-0.25, -0.2) is 0 Å². The van der Waals surface area contributed by atoms with Gasteiger partial charge in [0.25, 0.3) is 5.91 Å². The molecule has 3 aliphatic rings. The van der Waals surface area contributed by atoms with Crippen molar-refractivity contribution in [1.82, 2.24) is 14.7 Å². The molecule has 2 N–H and O–H groups in total. The zero-order valence-corrected chi connectivity index (χ0v) is 17.3. The molecule has 0 radical (unpaired) electrons. The van der Waals surface area contributed by atoms with Gasteiger partial charge in [-0.1, -0.05) is 6.42 Å². The number of hydrogen-bond acceptors (Lipinski definition) is 5. The van der Waals surface area contributed by atoms with Crippen molar-refractivity contribution >= 4 is 34.3 Å². The highest BCUT2D eigenvalue weighted by atomic mass is 32.2. The Morgan fingerprint density at radius 1 is 1.14 bits per heavy atom. The first-order valence-electron chi connectivity index (χ1n) is 10.5. The van der Waals surface area contributed by atoms with Gasteiger partial charge in [-0.05, 0) is 50.9 Å². The molecule has 1 aromatic heterocycles. The van der Waals surface area contributed by atoms with Crippen molar-refractivity contribution < 1.29 is 4.79 Å². The summed E-state index contributed by atoms with van der Waals surface area (Å²) >= 11 is 2.00. The summed E-state index contributed by atoms with van der Waals surface area (Å²) in [6.07, 6.45) is 6.07. The van der Waals surface area contributed by atoms with E-state index in [1.807, 2.05) is 11.8 Å². The maximum Gasteiger partial charge on any atom is 0.269 e. The Kier molecular flexibility index (Phi) is 4.75. The molecule has 1 aromatic carbocycles. The van der Waals surface area contributed by atoms with Crippen molar-refractivity contribution in [1.29, 1.82) is 0 Å². The number of carbonyl (C=O) groups excluding carboxylic acids is 1. The number of primary amides is 1. The molecule has 3 fully saturated rings. The van der Waals surface area contributed by atoms with E-state index < -0.39 is 5.91 Å². The van der Waals surface area contributed by atoms with Crippen molar-refractivity contribution in [3.63, 3.8) is 0 Å². The predicted octanol–water partition coefficient (Wildman–Crippen LogP) is 2.88. The standard InChI is InChI=1S/C21H29N5OS/c1-24-14-3-2-4-15(24)12-17(11-14)26-19-6-5-16(25-7-9-28-10-8-25)13-18(19)20(23-26)21(22)27/h5-6,13-15,17H,2-4,7-12H2,1H3,(H2,22,27). The second kappa shape index (κ2) is 7.26. The summed E-state index contributed by atoms with van der Waals surface area (Å²) in [4.78, 5) is 17.1. The number of fused-ring (bicyclic) bond motifs is 3. The molecule has 0 spiro atoms. The zero-order valence-electron chi connectivity index (χ0n) is 16.5. The van der Waals surface area contributed by atoms with E-state index in [0.29, 0.717) is 23.8 Å². The number of aromatic nitrogens is 2. The quantitative estimate of drug-likeness (QED) is 0.860. The van der Waals surface area contributed by atoms with Crippen LogP contribution in [0.1, 0.15) is 48.6 Å². The average Bonchev–Trinajstić information content (AvgIpc) is 3.08. The largest absolute Gasteiger partial charge is 0.370 e. The third-order valence-electron chi connectivity index (χ3n) is 6.96. The van der Waals surface area contributed by atoms with Crippen LogP contribution in [0.2, 0.25) is 0 Å². The molecule has 0 saturated carbocycles. The van der Waals surface area contributed by atoms with Gasteiger partial charge < -0.3 is 15.5 Å². The molecule has 2 unspecified atom stereocenters. The maximum atomic E-state index is 12.2. The highest BCUT2D eigenvalue weighted by Gasteiger charge is 2.37. The van der Waals surface area contributed by atoms with Crippen LogP contribution >= 0.6 is 11.8 Å². The van der Waals surface area contributed by atoms with Crippen LogP contribution in [0.15, 0.2) is 18.2 Å². The molecule has 1 amide bonds. The fourth-order valence-electron chi connectivity index (χ4n) is 5.39. The van der Waals surface area contributed by atoms with Gasteiger partial charge in [-0.2, -0.15) is 16.9 Å². The van der Waals surface area contributed by atoms with Crippen LogP contribution in [0.4, 0.5) is 5.69 Å². The Morgan fingerprint density at radius 2 is 1.86 bits per heavy atom. The van der Waals surface area contributed by atoms with Gasteiger partial charge in [0.2, 0.25) is 0 Å². The second-order valence-electron chi connectivity index (χ2n) is 8.49. The monoisotopic (exact) mass is 399 g/mol. The molecule has 3 aliphatic heterocycles. The molecular formula is C21H29N5OS. The highest BCUT2D eigenvalue weighted by molar-refractivity contribution is 7.99. The SMILES string of the molecule is CN1C2CCCC1CC(n1nc(C(N)=O)c3cc(N4CCSCC4)ccc31)C2.